The zero-order valence-electron chi connectivity index (χ0n) is 11.5. The van der Waals surface area contributed by atoms with Crippen molar-refractivity contribution in [3.63, 3.8) is 0 Å². The molecule has 1 saturated heterocycles. The molecule has 0 unspecified atom stereocenters. The zero-order valence-corrected chi connectivity index (χ0v) is 12.3. The van der Waals surface area contributed by atoms with E-state index in [0.717, 1.165) is 32.4 Å². The van der Waals surface area contributed by atoms with Crippen molar-refractivity contribution in [1.82, 2.24) is 15.1 Å². The average Bonchev–Trinajstić information content (AvgIpc) is 2.66. The maximum absolute atomic E-state index is 12.0. The lowest BCUT2D eigenvalue weighted by Gasteiger charge is -2.22. The van der Waals surface area contributed by atoms with Gasteiger partial charge in [-0.3, -0.25) is 9.40 Å². The Hall–Kier alpha value is -1.08. The normalized spacial score (nSPS) is 17.6. The molecular weight excluding hydrogens is 264 g/mol. The summed E-state index contributed by atoms with van der Waals surface area (Å²) in [7, 11) is -1.49. The first-order valence-corrected chi connectivity index (χ1v) is 8.33. The van der Waals surface area contributed by atoms with Crippen molar-refractivity contribution >= 4 is 15.7 Å². The highest BCUT2D eigenvalue weighted by Crippen LogP contribution is 2.18. The predicted molar refractivity (Wildman–Crippen MR) is 75.6 cm³/mol. The summed E-state index contributed by atoms with van der Waals surface area (Å²) >= 11 is 0. The highest BCUT2D eigenvalue weighted by Gasteiger charge is 2.18. The maximum Gasteiger partial charge on any atom is 0.232 e. The van der Waals surface area contributed by atoms with Crippen molar-refractivity contribution in [2.75, 3.05) is 23.6 Å². The molecule has 0 aromatic carbocycles. The molecule has 108 valence electrons. The molecule has 0 atom stereocenters. The Morgan fingerprint density at radius 2 is 2.16 bits per heavy atom. The van der Waals surface area contributed by atoms with Gasteiger partial charge in [-0.25, -0.2) is 8.42 Å². The van der Waals surface area contributed by atoms with Crippen LogP contribution in [0, 0.1) is 12.8 Å². The van der Waals surface area contributed by atoms with Gasteiger partial charge in [0.05, 0.1) is 17.1 Å². The van der Waals surface area contributed by atoms with Crippen molar-refractivity contribution in [2.45, 2.75) is 26.2 Å². The van der Waals surface area contributed by atoms with Crippen molar-refractivity contribution in [3.05, 3.63) is 11.9 Å². The summed E-state index contributed by atoms with van der Waals surface area (Å²) < 4.78 is 28.3. The zero-order chi connectivity index (χ0) is 13.9. The summed E-state index contributed by atoms with van der Waals surface area (Å²) in [4.78, 5) is 0. The van der Waals surface area contributed by atoms with Crippen LogP contribution in [0.1, 0.15) is 25.0 Å². The second-order valence-corrected chi connectivity index (χ2v) is 7.05. The van der Waals surface area contributed by atoms with Gasteiger partial charge in [0.1, 0.15) is 0 Å². The Balaban J connectivity index is 1.89. The van der Waals surface area contributed by atoms with E-state index in [1.54, 1.807) is 24.9 Å². The quantitative estimate of drug-likeness (QED) is 0.842. The van der Waals surface area contributed by atoms with Gasteiger partial charge in [0.15, 0.2) is 0 Å². The number of hydrogen-bond acceptors (Lipinski definition) is 4. The summed E-state index contributed by atoms with van der Waals surface area (Å²) in [5, 5.41) is 7.41. The molecule has 1 aromatic heterocycles. The number of aryl methyl sites for hydroxylation is 2. The van der Waals surface area contributed by atoms with Gasteiger partial charge in [0.25, 0.3) is 0 Å². The lowest BCUT2D eigenvalue weighted by molar-refractivity contribution is 0.365. The minimum absolute atomic E-state index is 0.187. The monoisotopic (exact) mass is 286 g/mol. The van der Waals surface area contributed by atoms with Crippen LogP contribution in [0.5, 0.6) is 0 Å². The molecule has 2 rings (SSSR count). The number of hydrogen-bond donors (Lipinski definition) is 2. The SMILES string of the molecule is Cc1nn(C)cc1NS(=O)(=O)CCC1CCNCC1. The minimum Gasteiger partial charge on any atom is -0.317 e. The Labute approximate surface area is 114 Å². The van der Waals surface area contributed by atoms with Crippen molar-refractivity contribution in [2.24, 2.45) is 13.0 Å². The maximum atomic E-state index is 12.0. The molecule has 0 spiro atoms. The first kappa shape index (κ1) is 14.3. The smallest absolute Gasteiger partial charge is 0.232 e. The molecule has 0 amide bonds. The highest BCUT2D eigenvalue weighted by molar-refractivity contribution is 7.92. The Morgan fingerprint density at radius 1 is 1.47 bits per heavy atom. The standard InChI is InChI=1S/C12H22N4O2S/c1-10-12(9-16(2)14-10)15-19(17,18)8-5-11-3-6-13-7-4-11/h9,11,13,15H,3-8H2,1-2H3. The summed E-state index contributed by atoms with van der Waals surface area (Å²) in [5.74, 6) is 0.708. The van der Waals surface area contributed by atoms with E-state index in [4.69, 9.17) is 0 Å². The summed E-state index contributed by atoms with van der Waals surface area (Å²) in [5.41, 5.74) is 1.28. The van der Waals surface area contributed by atoms with E-state index in [1.807, 2.05) is 0 Å². The predicted octanol–water partition coefficient (Wildman–Crippen LogP) is 0.860. The molecule has 0 saturated carbocycles. The Morgan fingerprint density at radius 3 is 2.74 bits per heavy atom. The second kappa shape index (κ2) is 5.92. The van der Waals surface area contributed by atoms with E-state index >= 15 is 0 Å². The van der Waals surface area contributed by atoms with E-state index < -0.39 is 10.0 Å². The van der Waals surface area contributed by atoms with Gasteiger partial charge in [-0.15, -0.1) is 0 Å². The van der Waals surface area contributed by atoms with Crippen LogP contribution < -0.4 is 10.0 Å². The third-order valence-electron chi connectivity index (χ3n) is 3.53. The van der Waals surface area contributed by atoms with Crippen molar-refractivity contribution < 1.29 is 8.42 Å². The number of aromatic nitrogens is 2. The van der Waals surface area contributed by atoms with E-state index in [9.17, 15) is 8.42 Å². The number of rotatable bonds is 5. The van der Waals surface area contributed by atoms with Gasteiger partial charge in [0.2, 0.25) is 10.0 Å². The number of nitrogens with zero attached hydrogens (tertiary/aromatic N) is 2. The van der Waals surface area contributed by atoms with Crippen molar-refractivity contribution in [1.29, 1.82) is 0 Å². The van der Waals surface area contributed by atoms with Crippen LogP contribution in [0.4, 0.5) is 5.69 Å². The molecule has 2 heterocycles. The minimum atomic E-state index is -3.27. The molecule has 7 heteroatoms. The lowest BCUT2D eigenvalue weighted by atomic mass is 9.96. The fraction of sp³-hybridized carbons (Fsp3) is 0.750. The molecule has 6 nitrogen and oxygen atoms in total. The number of piperidine rings is 1. The first-order valence-electron chi connectivity index (χ1n) is 6.68. The van der Waals surface area contributed by atoms with E-state index in [2.05, 4.69) is 15.1 Å². The summed E-state index contributed by atoms with van der Waals surface area (Å²) in [6.07, 6.45) is 4.57. The fourth-order valence-corrected chi connectivity index (χ4v) is 3.69. The molecule has 2 N–H and O–H groups in total. The molecule has 0 radical (unpaired) electrons. The van der Waals surface area contributed by atoms with Crippen LogP contribution >= 0.6 is 0 Å². The summed E-state index contributed by atoms with van der Waals surface area (Å²) in [6.45, 7) is 3.80. The summed E-state index contributed by atoms with van der Waals surface area (Å²) in [6, 6.07) is 0. The molecule has 1 aromatic rings. The highest BCUT2D eigenvalue weighted by atomic mass is 32.2. The lowest BCUT2D eigenvalue weighted by Crippen LogP contribution is -2.29. The molecule has 1 aliphatic heterocycles. The number of nitrogens with one attached hydrogen (secondary N) is 2. The third kappa shape index (κ3) is 4.21. The van der Waals surface area contributed by atoms with Crippen molar-refractivity contribution in [3.8, 4) is 0 Å². The van der Waals surface area contributed by atoms with Crippen LogP contribution in [0.25, 0.3) is 0 Å². The second-order valence-electron chi connectivity index (χ2n) is 5.20. The van der Waals surface area contributed by atoms with Crippen LogP contribution in [0.2, 0.25) is 0 Å². The van der Waals surface area contributed by atoms with Crippen LogP contribution in [-0.2, 0) is 17.1 Å². The van der Waals surface area contributed by atoms with Gasteiger partial charge in [-0.2, -0.15) is 5.10 Å². The largest absolute Gasteiger partial charge is 0.317 e. The molecule has 0 bridgehead atoms. The van der Waals surface area contributed by atoms with Gasteiger partial charge in [-0.1, -0.05) is 0 Å². The van der Waals surface area contributed by atoms with Crippen LogP contribution in [0.3, 0.4) is 0 Å². The number of sulfonamides is 1. The van der Waals surface area contributed by atoms with Gasteiger partial charge >= 0.3 is 0 Å². The topological polar surface area (TPSA) is 76.0 Å². The molecule has 1 aliphatic rings. The third-order valence-corrected chi connectivity index (χ3v) is 4.84. The molecule has 1 fully saturated rings. The fourth-order valence-electron chi connectivity index (χ4n) is 2.41. The Bertz CT molecular complexity index is 518. The van der Waals surface area contributed by atoms with Gasteiger partial charge < -0.3 is 5.32 Å². The van der Waals surface area contributed by atoms with Gasteiger partial charge in [0, 0.05) is 13.2 Å². The number of anilines is 1. The van der Waals surface area contributed by atoms with Crippen LogP contribution in [0.15, 0.2) is 6.20 Å². The average molecular weight is 286 g/mol. The van der Waals surface area contributed by atoms with E-state index in [0.29, 0.717) is 17.3 Å². The van der Waals surface area contributed by atoms with E-state index in [1.165, 1.54) is 0 Å². The first-order chi connectivity index (χ1) is 8.96. The Kier molecular flexibility index (Phi) is 4.46. The van der Waals surface area contributed by atoms with E-state index in [-0.39, 0.29) is 5.75 Å². The molecular formula is C12H22N4O2S. The van der Waals surface area contributed by atoms with Crippen LogP contribution in [-0.4, -0.2) is 37.0 Å². The molecule has 19 heavy (non-hydrogen) atoms. The van der Waals surface area contributed by atoms with Gasteiger partial charge in [-0.05, 0) is 45.2 Å². The molecule has 0 aliphatic carbocycles.